The number of anilines is 1. The van der Waals surface area contributed by atoms with Gasteiger partial charge in [-0.2, -0.15) is 0 Å². The Kier molecular flexibility index (Phi) is 1.86. The molecule has 0 aromatic heterocycles. The number of hydrogen-bond donors (Lipinski definition) is 1. The molecular formula is C17H18N2O2. The molecule has 0 radical (unpaired) electrons. The van der Waals surface area contributed by atoms with Gasteiger partial charge in [-0.05, 0) is 43.2 Å². The Hall–Kier alpha value is -1.84. The highest BCUT2D eigenvalue weighted by Crippen LogP contribution is 2.64. The Morgan fingerprint density at radius 2 is 2.10 bits per heavy atom. The third-order valence-electron chi connectivity index (χ3n) is 6.40. The molecule has 4 bridgehead atoms. The van der Waals surface area contributed by atoms with Crippen LogP contribution in [0.4, 0.5) is 5.69 Å². The molecule has 2 amide bonds. The maximum Gasteiger partial charge on any atom is 0.264 e. The molecule has 1 N–H and O–H groups in total. The minimum Gasteiger partial charge on any atom is -0.361 e. The van der Waals surface area contributed by atoms with Gasteiger partial charge in [0.05, 0.1) is 5.56 Å². The van der Waals surface area contributed by atoms with Crippen molar-refractivity contribution >= 4 is 17.5 Å². The van der Waals surface area contributed by atoms with E-state index < -0.39 is 5.66 Å². The maximum absolute atomic E-state index is 12.9. The van der Waals surface area contributed by atoms with Gasteiger partial charge >= 0.3 is 0 Å². The zero-order valence-electron chi connectivity index (χ0n) is 12.1. The van der Waals surface area contributed by atoms with Crippen LogP contribution in [0.25, 0.3) is 0 Å². The molecule has 3 aliphatic heterocycles. The number of nitrogens with one attached hydrogen (secondary N) is 1. The van der Waals surface area contributed by atoms with Gasteiger partial charge in [0.15, 0.2) is 0 Å². The maximum atomic E-state index is 12.9. The summed E-state index contributed by atoms with van der Waals surface area (Å²) in [7, 11) is 0. The molecular weight excluding hydrogens is 264 g/mol. The molecule has 1 aromatic rings. The van der Waals surface area contributed by atoms with E-state index in [1.54, 1.807) is 4.90 Å². The summed E-state index contributed by atoms with van der Waals surface area (Å²) in [6, 6.07) is 7.58. The standard InChI is InChI=1S/C17H18N2O2/c1-16-7-6-10-8-12(16)15(21)19-14(20)11-4-2-3-5-13(11)18-17(10,19)9-16/h2-5,10,12,18H,6-9H2,1H3/t10-,12-,16+,17-/m1/s1. The first-order chi connectivity index (χ1) is 10.1. The van der Waals surface area contributed by atoms with Crippen molar-refractivity contribution in [2.45, 2.75) is 38.3 Å². The fraction of sp³-hybridized carbons (Fsp3) is 0.529. The average Bonchev–Trinajstić information content (AvgIpc) is 2.46. The van der Waals surface area contributed by atoms with Gasteiger partial charge in [0.2, 0.25) is 5.91 Å². The lowest BCUT2D eigenvalue weighted by Crippen LogP contribution is -2.78. The predicted molar refractivity (Wildman–Crippen MR) is 77.5 cm³/mol. The fourth-order valence-corrected chi connectivity index (χ4v) is 5.40. The number of hydrogen-bond acceptors (Lipinski definition) is 3. The number of nitrogens with zero attached hydrogens (tertiary/aromatic N) is 1. The highest BCUT2D eigenvalue weighted by atomic mass is 16.2. The first kappa shape index (κ1) is 11.8. The quantitative estimate of drug-likeness (QED) is 0.744. The van der Waals surface area contributed by atoms with Crippen LogP contribution >= 0.6 is 0 Å². The number of piperidine rings is 2. The Morgan fingerprint density at radius 3 is 2.90 bits per heavy atom. The average molecular weight is 282 g/mol. The SMILES string of the molecule is C[C@@]12CC[C@@H]3C[C@@H]1C(=O)N1C(=O)c4ccccc4N[C@@]31C2. The molecule has 5 fully saturated rings. The van der Waals surface area contributed by atoms with E-state index in [1.165, 1.54) is 0 Å². The third kappa shape index (κ3) is 1.15. The lowest BCUT2D eigenvalue weighted by Gasteiger charge is -2.68. The molecule has 4 nitrogen and oxygen atoms in total. The number of amides is 2. The summed E-state index contributed by atoms with van der Waals surface area (Å²) in [5.41, 5.74) is 1.11. The summed E-state index contributed by atoms with van der Waals surface area (Å²) >= 11 is 0. The molecule has 2 saturated heterocycles. The van der Waals surface area contributed by atoms with Crippen molar-refractivity contribution in [3.63, 3.8) is 0 Å². The van der Waals surface area contributed by atoms with Crippen LogP contribution in [0.3, 0.4) is 0 Å². The number of carbonyl (C=O) groups is 2. The second-order valence-electron chi connectivity index (χ2n) is 7.43. The summed E-state index contributed by atoms with van der Waals surface area (Å²) in [6.45, 7) is 2.23. The van der Waals surface area contributed by atoms with Crippen molar-refractivity contribution < 1.29 is 9.59 Å². The third-order valence-corrected chi connectivity index (χ3v) is 6.40. The fourth-order valence-electron chi connectivity index (χ4n) is 5.40. The van der Waals surface area contributed by atoms with E-state index in [0.717, 1.165) is 31.4 Å². The molecule has 3 heterocycles. The van der Waals surface area contributed by atoms with Crippen LogP contribution < -0.4 is 5.32 Å². The molecule has 0 unspecified atom stereocenters. The topological polar surface area (TPSA) is 49.4 Å². The number of imide groups is 1. The highest BCUT2D eigenvalue weighted by molar-refractivity contribution is 6.12. The van der Waals surface area contributed by atoms with Gasteiger partial charge in [0, 0.05) is 17.5 Å². The van der Waals surface area contributed by atoms with E-state index >= 15 is 0 Å². The molecule has 1 spiro atoms. The van der Waals surface area contributed by atoms with Crippen LogP contribution in [0.5, 0.6) is 0 Å². The molecule has 21 heavy (non-hydrogen) atoms. The van der Waals surface area contributed by atoms with Crippen molar-refractivity contribution in [2.75, 3.05) is 5.32 Å². The second kappa shape index (κ2) is 3.32. The summed E-state index contributed by atoms with van der Waals surface area (Å²) in [6.07, 6.45) is 4.07. The van der Waals surface area contributed by atoms with Crippen LogP contribution in [-0.4, -0.2) is 22.4 Å². The van der Waals surface area contributed by atoms with E-state index in [4.69, 9.17) is 0 Å². The van der Waals surface area contributed by atoms with Crippen molar-refractivity contribution in [1.29, 1.82) is 0 Å². The largest absolute Gasteiger partial charge is 0.361 e. The van der Waals surface area contributed by atoms with Crippen molar-refractivity contribution in [2.24, 2.45) is 17.3 Å². The summed E-state index contributed by atoms with van der Waals surface area (Å²) in [5, 5.41) is 3.60. The number of fused-ring (bicyclic) bond motifs is 2. The van der Waals surface area contributed by atoms with Crippen LogP contribution in [0.2, 0.25) is 0 Å². The van der Waals surface area contributed by atoms with E-state index in [1.807, 2.05) is 24.3 Å². The molecule has 4 heteroatoms. The van der Waals surface area contributed by atoms with Gasteiger partial charge in [-0.3, -0.25) is 14.5 Å². The van der Waals surface area contributed by atoms with Gasteiger partial charge in [-0.1, -0.05) is 19.1 Å². The molecule has 7 rings (SSSR count). The Labute approximate surface area is 123 Å². The Bertz CT molecular complexity index is 700. The van der Waals surface area contributed by atoms with Crippen LogP contribution in [0.15, 0.2) is 24.3 Å². The van der Waals surface area contributed by atoms with Gasteiger partial charge in [-0.25, -0.2) is 0 Å². The lowest BCUT2D eigenvalue weighted by atomic mass is 9.48. The molecule has 3 saturated carbocycles. The second-order valence-corrected chi connectivity index (χ2v) is 7.43. The Balaban J connectivity index is 1.75. The molecule has 1 aromatic carbocycles. The Morgan fingerprint density at radius 1 is 1.29 bits per heavy atom. The summed E-state index contributed by atoms with van der Waals surface area (Å²) in [5.74, 6) is 0.383. The number of benzene rings is 1. The van der Waals surface area contributed by atoms with E-state index in [-0.39, 0.29) is 23.1 Å². The monoisotopic (exact) mass is 282 g/mol. The van der Waals surface area contributed by atoms with Crippen molar-refractivity contribution in [3.8, 4) is 0 Å². The zero-order chi connectivity index (χ0) is 14.4. The van der Waals surface area contributed by atoms with Crippen LogP contribution in [-0.2, 0) is 4.79 Å². The first-order valence-electron chi connectivity index (χ1n) is 7.81. The smallest absolute Gasteiger partial charge is 0.264 e. The molecule has 108 valence electrons. The van der Waals surface area contributed by atoms with Gasteiger partial charge < -0.3 is 5.32 Å². The number of para-hydroxylation sites is 1. The molecule has 6 aliphatic rings. The normalized spacial score (nSPS) is 42.6. The summed E-state index contributed by atoms with van der Waals surface area (Å²) < 4.78 is 0. The zero-order valence-corrected chi connectivity index (χ0v) is 12.1. The van der Waals surface area contributed by atoms with Gasteiger partial charge in [0.1, 0.15) is 5.66 Å². The van der Waals surface area contributed by atoms with Gasteiger partial charge in [0.25, 0.3) is 5.91 Å². The van der Waals surface area contributed by atoms with Crippen molar-refractivity contribution in [1.82, 2.24) is 4.90 Å². The van der Waals surface area contributed by atoms with Gasteiger partial charge in [-0.15, -0.1) is 0 Å². The number of carbonyl (C=O) groups excluding carboxylic acids is 2. The molecule has 3 aliphatic carbocycles. The first-order valence-corrected chi connectivity index (χ1v) is 7.81. The van der Waals surface area contributed by atoms with Crippen LogP contribution in [0, 0.1) is 17.3 Å². The minimum atomic E-state index is -0.468. The van der Waals surface area contributed by atoms with E-state index in [2.05, 4.69) is 12.2 Å². The van der Waals surface area contributed by atoms with E-state index in [9.17, 15) is 9.59 Å². The highest BCUT2D eigenvalue weighted by Gasteiger charge is 2.69. The van der Waals surface area contributed by atoms with E-state index in [0.29, 0.717) is 11.5 Å². The minimum absolute atomic E-state index is 0.0362. The van der Waals surface area contributed by atoms with Crippen molar-refractivity contribution in [3.05, 3.63) is 29.8 Å². The lowest BCUT2D eigenvalue weighted by molar-refractivity contribution is -0.185. The van der Waals surface area contributed by atoms with Crippen LogP contribution in [0.1, 0.15) is 43.0 Å². The predicted octanol–water partition coefficient (Wildman–Crippen LogP) is 2.62. The summed E-state index contributed by atoms with van der Waals surface area (Å²) in [4.78, 5) is 27.4. The number of rotatable bonds is 0. The molecule has 4 atom stereocenters.